The Bertz CT molecular complexity index is 656. The molecule has 1 saturated carbocycles. The molecule has 0 bridgehead atoms. The molecule has 0 spiro atoms. The van der Waals surface area contributed by atoms with Crippen LogP contribution in [0.1, 0.15) is 65.0 Å². The van der Waals surface area contributed by atoms with Gasteiger partial charge in [0.25, 0.3) is 0 Å². The van der Waals surface area contributed by atoms with E-state index in [0.717, 1.165) is 31.2 Å². The van der Waals surface area contributed by atoms with Crippen LogP contribution >= 0.6 is 0 Å². The number of hydrogen-bond donors (Lipinski definition) is 0. The quantitative estimate of drug-likeness (QED) is 0.759. The molecule has 0 radical (unpaired) electrons. The fourth-order valence-corrected chi connectivity index (χ4v) is 4.60. The van der Waals surface area contributed by atoms with Gasteiger partial charge in [0.05, 0.1) is 12.1 Å². The first-order valence-corrected chi connectivity index (χ1v) is 9.86. The monoisotopic (exact) mass is 356 g/mol. The molecule has 0 aromatic heterocycles. The average Bonchev–Trinajstić information content (AvgIpc) is 2.85. The summed E-state index contributed by atoms with van der Waals surface area (Å²) in [4.78, 5) is 29.4. The molecule has 0 N–H and O–H groups in total. The zero-order valence-corrected chi connectivity index (χ0v) is 16.7. The van der Waals surface area contributed by atoms with Crippen LogP contribution in [-0.4, -0.2) is 34.8 Å². The Kier molecular flexibility index (Phi) is 5.14. The van der Waals surface area contributed by atoms with Crippen molar-refractivity contribution in [1.82, 2.24) is 9.80 Å². The average molecular weight is 357 g/mol. The lowest BCUT2D eigenvalue weighted by Crippen LogP contribution is -2.42. The van der Waals surface area contributed by atoms with E-state index in [4.69, 9.17) is 0 Å². The first kappa shape index (κ1) is 18.9. The van der Waals surface area contributed by atoms with Crippen LogP contribution in [0.5, 0.6) is 0 Å². The molecule has 3 amide bonds. The predicted octanol–water partition coefficient (Wildman–Crippen LogP) is 4.86. The molecule has 4 heteroatoms. The summed E-state index contributed by atoms with van der Waals surface area (Å²) in [5.41, 5.74) is 1.33. The van der Waals surface area contributed by atoms with Gasteiger partial charge in [0.2, 0.25) is 5.91 Å². The van der Waals surface area contributed by atoms with Crippen LogP contribution in [0.2, 0.25) is 0 Å². The smallest absolute Gasteiger partial charge is 0.322 e. The first-order chi connectivity index (χ1) is 12.2. The summed E-state index contributed by atoms with van der Waals surface area (Å²) in [6, 6.07) is 9.59. The Morgan fingerprint density at radius 1 is 1.04 bits per heavy atom. The van der Waals surface area contributed by atoms with E-state index < -0.39 is 0 Å². The van der Waals surface area contributed by atoms with Crippen molar-refractivity contribution in [3.8, 4) is 0 Å². The van der Waals surface area contributed by atoms with E-state index in [0.29, 0.717) is 11.3 Å². The topological polar surface area (TPSA) is 40.6 Å². The highest BCUT2D eigenvalue weighted by Crippen LogP contribution is 2.42. The van der Waals surface area contributed by atoms with Crippen molar-refractivity contribution in [3.05, 3.63) is 35.9 Å². The second-order valence-corrected chi connectivity index (χ2v) is 9.11. The number of likely N-dealkylation sites (N-methyl/N-ethyl adjacent to an activating group) is 1. The fourth-order valence-electron chi connectivity index (χ4n) is 4.60. The number of imide groups is 1. The predicted molar refractivity (Wildman–Crippen MR) is 104 cm³/mol. The van der Waals surface area contributed by atoms with Crippen LogP contribution < -0.4 is 0 Å². The van der Waals surface area contributed by atoms with E-state index in [1.807, 2.05) is 37.3 Å². The molecule has 4 nitrogen and oxygen atoms in total. The summed E-state index contributed by atoms with van der Waals surface area (Å²) in [5.74, 6) is 0.655. The van der Waals surface area contributed by atoms with Gasteiger partial charge in [0.1, 0.15) is 0 Å². The van der Waals surface area contributed by atoms with E-state index in [1.165, 1.54) is 0 Å². The molecule has 1 aromatic carbocycles. The third-order valence-corrected chi connectivity index (χ3v) is 6.53. The Morgan fingerprint density at radius 3 is 2.15 bits per heavy atom. The number of carbonyl (C=O) groups is 2. The maximum Gasteiger partial charge on any atom is 0.327 e. The van der Waals surface area contributed by atoms with Gasteiger partial charge in [0, 0.05) is 13.0 Å². The van der Waals surface area contributed by atoms with Gasteiger partial charge in [-0.3, -0.25) is 9.69 Å². The van der Waals surface area contributed by atoms with E-state index >= 15 is 0 Å². The van der Waals surface area contributed by atoms with E-state index in [9.17, 15) is 9.59 Å². The van der Waals surface area contributed by atoms with Crippen molar-refractivity contribution in [1.29, 1.82) is 0 Å². The van der Waals surface area contributed by atoms with Gasteiger partial charge in [-0.25, -0.2) is 4.79 Å². The van der Waals surface area contributed by atoms with Crippen LogP contribution in [0.25, 0.3) is 0 Å². The van der Waals surface area contributed by atoms with Crippen molar-refractivity contribution in [2.75, 3.05) is 7.05 Å². The SMILES string of the molecule is C[C@H]1[C@@H](c2ccccc2)N(C(=O)C2CCC(C(C)(C)C)CC2)C(=O)N1C. The lowest BCUT2D eigenvalue weighted by atomic mass is 9.69. The molecule has 1 saturated heterocycles. The lowest BCUT2D eigenvalue weighted by Gasteiger charge is -2.37. The Hall–Kier alpha value is -1.84. The van der Waals surface area contributed by atoms with E-state index in [2.05, 4.69) is 20.8 Å². The molecular formula is C22H32N2O2. The number of carbonyl (C=O) groups excluding carboxylic acids is 2. The summed E-state index contributed by atoms with van der Waals surface area (Å²) < 4.78 is 0. The van der Waals surface area contributed by atoms with Gasteiger partial charge in [-0.2, -0.15) is 0 Å². The highest BCUT2D eigenvalue weighted by molar-refractivity contribution is 5.98. The second kappa shape index (κ2) is 7.05. The fraction of sp³-hybridized carbons (Fsp3) is 0.636. The van der Waals surface area contributed by atoms with Gasteiger partial charge >= 0.3 is 6.03 Å². The lowest BCUT2D eigenvalue weighted by molar-refractivity contribution is -0.135. The second-order valence-electron chi connectivity index (χ2n) is 9.11. The molecule has 1 aliphatic heterocycles. The van der Waals surface area contributed by atoms with Gasteiger partial charge in [-0.15, -0.1) is 0 Å². The van der Waals surface area contributed by atoms with Gasteiger partial charge in [-0.05, 0) is 49.5 Å². The number of benzene rings is 1. The number of nitrogens with zero attached hydrogens (tertiary/aromatic N) is 2. The highest BCUT2D eigenvalue weighted by Gasteiger charge is 2.47. The molecule has 3 rings (SSSR count). The molecule has 142 valence electrons. The largest absolute Gasteiger partial charge is 0.327 e. The minimum absolute atomic E-state index is 0.0141. The summed E-state index contributed by atoms with van der Waals surface area (Å²) in [6.45, 7) is 8.88. The number of rotatable bonds is 2. The summed E-state index contributed by atoms with van der Waals surface area (Å²) in [7, 11) is 1.80. The number of urea groups is 1. The molecule has 2 atom stereocenters. The molecule has 1 aliphatic carbocycles. The third kappa shape index (κ3) is 3.38. The summed E-state index contributed by atoms with van der Waals surface area (Å²) in [6.07, 6.45) is 3.93. The third-order valence-electron chi connectivity index (χ3n) is 6.53. The van der Waals surface area contributed by atoms with Gasteiger partial charge < -0.3 is 4.90 Å². The van der Waals surface area contributed by atoms with Crippen molar-refractivity contribution in [2.24, 2.45) is 17.3 Å². The molecule has 1 heterocycles. The molecular weight excluding hydrogens is 324 g/mol. The Balaban J connectivity index is 1.80. The maximum absolute atomic E-state index is 13.3. The van der Waals surface area contributed by atoms with E-state index in [1.54, 1.807) is 16.8 Å². The minimum Gasteiger partial charge on any atom is -0.322 e. The Morgan fingerprint density at radius 2 is 1.62 bits per heavy atom. The van der Waals surface area contributed by atoms with Crippen molar-refractivity contribution >= 4 is 11.9 Å². The van der Waals surface area contributed by atoms with Crippen LogP contribution in [0.15, 0.2) is 30.3 Å². The molecule has 2 fully saturated rings. The maximum atomic E-state index is 13.3. The molecule has 0 unspecified atom stereocenters. The molecule has 2 aliphatic rings. The molecule has 26 heavy (non-hydrogen) atoms. The number of amides is 3. The van der Waals surface area contributed by atoms with Crippen LogP contribution in [0.3, 0.4) is 0 Å². The highest BCUT2D eigenvalue weighted by atomic mass is 16.2. The van der Waals surface area contributed by atoms with Crippen molar-refractivity contribution in [2.45, 2.75) is 65.5 Å². The van der Waals surface area contributed by atoms with Gasteiger partial charge in [0.15, 0.2) is 0 Å². The number of hydrogen-bond acceptors (Lipinski definition) is 2. The summed E-state index contributed by atoms with van der Waals surface area (Å²) in [5, 5.41) is 0. The standard InChI is InChI=1S/C22H32N2O2/c1-15-19(16-9-7-6-8-10-16)24(21(26)23(15)5)20(25)17-11-13-18(14-12-17)22(2,3)4/h6-10,15,17-19H,11-14H2,1-5H3/t15-,17?,18?,19-/m0/s1. The van der Waals surface area contributed by atoms with Crippen molar-refractivity contribution < 1.29 is 9.59 Å². The van der Waals surface area contributed by atoms with Gasteiger partial charge in [-0.1, -0.05) is 51.1 Å². The first-order valence-electron chi connectivity index (χ1n) is 9.86. The van der Waals surface area contributed by atoms with Crippen LogP contribution in [-0.2, 0) is 4.79 Å². The normalized spacial score (nSPS) is 30.0. The van der Waals surface area contributed by atoms with Crippen LogP contribution in [0, 0.1) is 17.3 Å². The summed E-state index contributed by atoms with van der Waals surface area (Å²) >= 11 is 0. The van der Waals surface area contributed by atoms with Crippen LogP contribution in [0.4, 0.5) is 4.79 Å². The zero-order valence-electron chi connectivity index (χ0n) is 16.7. The minimum atomic E-state index is -0.193. The molecule has 1 aromatic rings. The Labute approximate surface area is 157 Å². The zero-order chi connectivity index (χ0) is 19.1. The van der Waals surface area contributed by atoms with E-state index in [-0.39, 0.29) is 29.9 Å². The van der Waals surface area contributed by atoms with Crippen molar-refractivity contribution in [3.63, 3.8) is 0 Å².